The first kappa shape index (κ1) is 31.2. The standard InChI is InChI=1S/C23H30N2O14/c1-10(26)34-16-7-32-22(20(38-14(5)30)18(16)36-12(3)28)25(9-24)23-21(39-15(6)31)19(37-13(4)29)17(8-33-23)35-11(2)27/h16-23H,7-8H2,1-6H3/t16-,17-,18+,19+,20-,21-,22-,23-/m1/s1. The highest BCUT2D eigenvalue weighted by molar-refractivity contribution is 5.69. The van der Waals surface area contributed by atoms with Crippen molar-refractivity contribution in [2.24, 2.45) is 0 Å². The van der Waals surface area contributed by atoms with Gasteiger partial charge in [0, 0.05) is 41.5 Å². The van der Waals surface area contributed by atoms with Crippen LogP contribution in [0.4, 0.5) is 0 Å². The Labute approximate surface area is 223 Å². The Morgan fingerprint density at radius 2 is 0.846 bits per heavy atom. The van der Waals surface area contributed by atoms with Crippen LogP contribution >= 0.6 is 0 Å². The van der Waals surface area contributed by atoms with E-state index < -0.39 is 98.1 Å². The van der Waals surface area contributed by atoms with Crippen LogP contribution in [-0.4, -0.2) is 103 Å². The van der Waals surface area contributed by atoms with Crippen LogP contribution in [0.15, 0.2) is 0 Å². The summed E-state index contributed by atoms with van der Waals surface area (Å²) in [6, 6.07) is 0. The van der Waals surface area contributed by atoms with Crippen LogP contribution in [0.25, 0.3) is 0 Å². The molecule has 8 atom stereocenters. The number of nitriles is 1. The second-order valence-corrected chi connectivity index (χ2v) is 8.55. The molecule has 0 radical (unpaired) electrons. The minimum absolute atomic E-state index is 0.410. The summed E-state index contributed by atoms with van der Waals surface area (Å²) in [5, 5.41) is 10.1. The molecule has 2 fully saturated rings. The van der Waals surface area contributed by atoms with E-state index in [0.29, 0.717) is 0 Å². The van der Waals surface area contributed by atoms with E-state index in [2.05, 4.69) is 0 Å². The summed E-state index contributed by atoms with van der Waals surface area (Å²) in [5.41, 5.74) is 0. The Morgan fingerprint density at radius 1 is 0.564 bits per heavy atom. The molecule has 0 N–H and O–H groups in total. The van der Waals surface area contributed by atoms with E-state index >= 15 is 0 Å². The molecule has 0 aliphatic carbocycles. The summed E-state index contributed by atoms with van der Waals surface area (Å²) in [4.78, 5) is 71.8. The van der Waals surface area contributed by atoms with E-state index in [-0.39, 0.29) is 0 Å². The number of hydrogen-bond acceptors (Lipinski definition) is 16. The third kappa shape index (κ3) is 8.52. The Hall–Kier alpha value is -3.97. The Balaban J connectivity index is 2.54. The van der Waals surface area contributed by atoms with Crippen LogP contribution in [0.1, 0.15) is 41.5 Å². The predicted octanol–water partition coefficient (Wildman–Crippen LogP) is -0.928. The number of carbonyl (C=O) groups is 6. The first-order chi connectivity index (χ1) is 18.2. The Kier molecular flexibility index (Phi) is 11.0. The third-order valence-electron chi connectivity index (χ3n) is 5.31. The Bertz CT molecular complexity index is 937. The normalized spacial score (nSPS) is 30.0. The van der Waals surface area contributed by atoms with Gasteiger partial charge in [-0.1, -0.05) is 0 Å². The fourth-order valence-electron chi connectivity index (χ4n) is 4.18. The summed E-state index contributed by atoms with van der Waals surface area (Å²) < 4.78 is 43.1. The van der Waals surface area contributed by atoms with Crippen molar-refractivity contribution >= 4 is 35.8 Å². The van der Waals surface area contributed by atoms with Gasteiger partial charge in [0.1, 0.15) is 0 Å². The van der Waals surface area contributed by atoms with Gasteiger partial charge in [-0.2, -0.15) is 5.26 Å². The van der Waals surface area contributed by atoms with Gasteiger partial charge >= 0.3 is 35.8 Å². The summed E-state index contributed by atoms with van der Waals surface area (Å²) in [6.45, 7) is 5.63. The van der Waals surface area contributed by atoms with Crippen LogP contribution < -0.4 is 0 Å². The number of carbonyl (C=O) groups excluding carboxylic acids is 6. The molecule has 0 aromatic heterocycles. The molecule has 0 aromatic rings. The van der Waals surface area contributed by atoms with Crippen LogP contribution in [-0.2, 0) is 66.7 Å². The number of hydrogen-bond donors (Lipinski definition) is 0. The van der Waals surface area contributed by atoms with Crippen molar-refractivity contribution in [2.75, 3.05) is 13.2 Å². The fourth-order valence-corrected chi connectivity index (χ4v) is 4.18. The van der Waals surface area contributed by atoms with E-state index in [1.165, 1.54) is 0 Å². The molecule has 0 amide bonds. The summed E-state index contributed by atoms with van der Waals surface area (Å²) in [5.74, 6) is -4.84. The lowest BCUT2D eigenvalue weighted by molar-refractivity contribution is -0.288. The van der Waals surface area contributed by atoms with E-state index in [1.807, 2.05) is 6.19 Å². The van der Waals surface area contributed by atoms with Crippen molar-refractivity contribution < 1.29 is 66.7 Å². The molecule has 16 heteroatoms. The first-order valence-corrected chi connectivity index (χ1v) is 11.7. The SMILES string of the molecule is CC(=O)O[C@@H]1[C@@H](OC(C)=O)[C@H](OC(C)=O)CO[C@H]1N(C#N)[C@@H]1OC[C@@H](OC(C)=O)[C@H](OC(C)=O)[C@H]1OC(C)=O. The summed E-state index contributed by atoms with van der Waals surface area (Å²) in [6.07, 6.45) is -9.64. The number of rotatable bonds is 8. The van der Waals surface area contributed by atoms with Crippen molar-refractivity contribution in [1.29, 1.82) is 5.26 Å². The van der Waals surface area contributed by atoms with Gasteiger partial charge in [-0.3, -0.25) is 28.8 Å². The molecule has 2 saturated heterocycles. The van der Waals surface area contributed by atoms with Gasteiger partial charge in [0.15, 0.2) is 55.3 Å². The van der Waals surface area contributed by atoms with Crippen molar-refractivity contribution in [1.82, 2.24) is 4.90 Å². The van der Waals surface area contributed by atoms with Crippen molar-refractivity contribution in [2.45, 2.75) is 90.6 Å². The largest absolute Gasteiger partial charge is 0.456 e. The molecular formula is C23H30N2O14. The van der Waals surface area contributed by atoms with Gasteiger partial charge < -0.3 is 37.9 Å². The molecule has 2 aliphatic rings. The van der Waals surface area contributed by atoms with E-state index in [4.69, 9.17) is 37.9 Å². The minimum atomic E-state index is -1.55. The molecule has 16 nitrogen and oxygen atoms in total. The zero-order valence-electron chi connectivity index (χ0n) is 22.1. The molecule has 2 aliphatic heterocycles. The van der Waals surface area contributed by atoms with Crippen molar-refractivity contribution in [3.8, 4) is 6.19 Å². The molecular weight excluding hydrogens is 528 g/mol. The minimum Gasteiger partial charge on any atom is -0.456 e. The maximum Gasteiger partial charge on any atom is 0.303 e. The van der Waals surface area contributed by atoms with Gasteiger partial charge in [0.2, 0.25) is 0 Å². The highest BCUT2D eigenvalue weighted by Gasteiger charge is 2.55. The van der Waals surface area contributed by atoms with Crippen LogP contribution in [0.5, 0.6) is 0 Å². The number of nitrogens with zero attached hydrogens (tertiary/aromatic N) is 2. The zero-order chi connectivity index (χ0) is 29.4. The summed E-state index contributed by atoms with van der Waals surface area (Å²) >= 11 is 0. The Morgan fingerprint density at radius 3 is 1.10 bits per heavy atom. The molecule has 0 bridgehead atoms. The van der Waals surface area contributed by atoms with Crippen LogP contribution in [0, 0.1) is 11.5 Å². The molecule has 216 valence electrons. The molecule has 2 heterocycles. The lowest BCUT2D eigenvalue weighted by atomic mass is 9.99. The lowest BCUT2D eigenvalue weighted by Crippen LogP contribution is -2.68. The molecule has 0 unspecified atom stereocenters. The molecule has 0 saturated carbocycles. The maximum atomic E-state index is 12.0. The van der Waals surface area contributed by atoms with Gasteiger partial charge in [0.25, 0.3) is 0 Å². The number of esters is 6. The smallest absolute Gasteiger partial charge is 0.303 e. The summed E-state index contributed by atoms with van der Waals surface area (Å²) in [7, 11) is 0. The predicted molar refractivity (Wildman–Crippen MR) is 120 cm³/mol. The second-order valence-electron chi connectivity index (χ2n) is 8.55. The topological polar surface area (TPSA) is 203 Å². The van der Waals surface area contributed by atoms with Crippen molar-refractivity contribution in [3.63, 3.8) is 0 Å². The third-order valence-corrected chi connectivity index (χ3v) is 5.31. The number of ether oxygens (including phenoxy) is 8. The average Bonchev–Trinajstić information content (AvgIpc) is 2.79. The van der Waals surface area contributed by atoms with Gasteiger partial charge in [0.05, 0.1) is 13.2 Å². The van der Waals surface area contributed by atoms with Gasteiger partial charge in [-0.25, -0.2) is 4.90 Å². The maximum absolute atomic E-state index is 12.0. The fraction of sp³-hybridized carbons (Fsp3) is 0.696. The molecule has 0 aromatic carbocycles. The van der Waals surface area contributed by atoms with Gasteiger partial charge in [-0.05, 0) is 0 Å². The molecule has 39 heavy (non-hydrogen) atoms. The first-order valence-electron chi connectivity index (χ1n) is 11.7. The van der Waals surface area contributed by atoms with Gasteiger partial charge in [-0.15, -0.1) is 0 Å². The lowest BCUT2D eigenvalue weighted by Gasteiger charge is -2.48. The molecule has 0 spiro atoms. The highest BCUT2D eigenvalue weighted by atomic mass is 16.7. The van der Waals surface area contributed by atoms with E-state index in [0.717, 1.165) is 46.4 Å². The monoisotopic (exact) mass is 558 g/mol. The average molecular weight is 558 g/mol. The van der Waals surface area contributed by atoms with Crippen LogP contribution in [0.2, 0.25) is 0 Å². The van der Waals surface area contributed by atoms with Crippen LogP contribution in [0.3, 0.4) is 0 Å². The highest BCUT2D eigenvalue weighted by Crippen LogP contribution is 2.32. The van der Waals surface area contributed by atoms with E-state index in [1.54, 1.807) is 0 Å². The second kappa shape index (κ2) is 13.7. The zero-order valence-corrected chi connectivity index (χ0v) is 22.1. The van der Waals surface area contributed by atoms with Crippen molar-refractivity contribution in [3.05, 3.63) is 0 Å². The quantitative estimate of drug-likeness (QED) is 0.153. The molecule has 2 rings (SSSR count). The van der Waals surface area contributed by atoms with E-state index in [9.17, 15) is 34.0 Å².